The van der Waals surface area contributed by atoms with E-state index in [2.05, 4.69) is 63.9 Å². The van der Waals surface area contributed by atoms with Crippen LogP contribution < -0.4 is 0 Å². The zero-order valence-electron chi connectivity index (χ0n) is 10.5. The molecule has 0 spiro atoms. The van der Waals surface area contributed by atoms with Gasteiger partial charge in [0.05, 0.1) is 0 Å². The lowest BCUT2D eigenvalue weighted by molar-refractivity contribution is 0.967. The second kappa shape index (κ2) is 4.61. The fraction of sp³-hybridized carbons (Fsp3) is 1.00. The Morgan fingerprint density at radius 1 is 0.846 bits per heavy atom. The summed E-state index contributed by atoms with van der Waals surface area (Å²) in [6.07, 6.45) is 0. The number of nitrogens with zero attached hydrogens (tertiary/aromatic N) is 1. The molecule has 0 saturated carbocycles. The Morgan fingerprint density at radius 2 is 1.15 bits per heavy atom. The monoisotopic (exact) mass is 232 g/mol. The lowest BCUT2D eigenvalue weighted by Crippen LogP contribution is -2.60. The van der Waals surface area contributed by atoms with Crippen molar-refractivity contribution in [2.24, 2.45) is 0 Å². The standard InChI is InChI=1S/C8H24BNPSi2/c1-11(2)9-10(12(3,4)5)13(6,7)8/h1-8H3. The summed E-state index contributed by atoms with van der Waals surface area (Å²) >= 11 is 0. The molecule has 0 N–H and O–H groups in total. The van der Waals surface area contributed by atoms with Crippen LogP contribution >= 0.6 is 7.80 Å². The maximum absolute atomic E-state index is 2.76. The Hall–Kier alpha value is 0.889. The van der Waals surface area contributed by atoms with Crippen molar-refractivity contribution in [1.82, 2.24) is 4.14 Å². The van der Waals surface area contributed by atoms with Gasteiger partial charge in [0.2, 0.25) is 7.13 Å². The van der Waals surface area contributed by atoms with Gasteiger partial charge in [0.25, 0.3) is 0 Å². The highest BCUT2D eigenvalue weighted by Crippen LogP contribution is 2.29. The molecule has 1 nitrogen and oxygen atoms in total. The average molecular weight is 232 g/mol. The van der Waals surface area contributed by atoms with E-state index in [4.69, 9.17) is 0 Å². The molecule has 13 heavy (non-hydrogen) atoms. The molecule has 0 aliphatic heterocycles. The van der Waals surface area contributed by atoms with Crippen LogP contribution in [0.15, 0.2) is 0 Å². The van der Waals surface area contributed by atoms with Crippen LogP contribution in [-0.4, -0.2) is 41.1 Å². The Labute approximate surface area is 88.4 Å². The summed E-state index contributed by atoms with van der Waals surface area (Å²) in [7, 11) is 0.365. The summed E-state index contributed by atoms with van der Waals surface area (Å²) < 4.78 is 2.76. The molecule has 5 heteroatoms. The van der Waals surface area contributed by atoms with Gasteiger partial charge in [0.1, 0.15) is 16.5 Å². The smallest absolute Gasteiger partial charge is 0.228 e. The van der Waals surface area contributed by atoms with Crippen LogP contribution in [0.5, 0.6) is 0 Å². The maximum atomic E-state index is 2.76. The van der Waals surface area contributed by atoms with Gasteiger partial charge in [-0.15, -0.1) is 7.80 Å². The largest absolute Gasteiger partial charge is 0.388 e. The molecule has 0 aromatic carbocycles. The molecule has 0 fully saturated rings. The van der Waals surface area contributed by atoms with Crippen LogP contribution in [0.25, 0.3) is 0 Å². The number of hydrogen-bond donors (Lipinski definition) is 0. The van der Waals surface area contributed by atoms with E-state index in [9.17, 15) is 0 Å². The summed E-state index contributed by atoms with van der Waals surface area (Å²) in [5, 5.41) is 0. The minimum atomic E-state index is -1.13. The van der Waals surface area contributed by atoms with E-state index in [1.54, 1.807) is 0 Å². The zero-order chi connectivity index (χ0) is 10.9. The van der Waals surface area contributed by atoms with Crippen molar-refractivity contribution in [3.63, 3.8) is 0 Å². The van der Waals surface area contributed by atoms with E-state index in [0.717, 1.165) is 0 Å². The highest BCUT2D eigenvalue weighted by molar-refractivity contribution is 7.85. The molecule has 77 valence electrons. The molecule has 0 bridgehead atoms. The molecule has 0 aromatic rings. The van der Waals surface area contributed by atoms with Gasteiger partial charge < -0.3 is 4.14 Å². The summed E-state index contributed by atoms with van der Waals surface area (Å²) in [4.78, 5) is 0. The van der Waals surface area contributed by atoms with Crippen LogP contribution in [0.3, 0.4) is 0 Å². The Bertz CT molecular complexity index is 149. The van der Waals surface area contributed by atoms with Crippen LogP contribution in [-0.2, 0) is 0 Å². The van der Waals surface area contributed by atoms with Crippen molar-refractivity contribution >= 4 is 31.4 Å². The average Bonchev–Trinajstić information content (AvgIpc) is 1.77. The lowest BCUT2D eigenvalue weighted by atomic mass is 10.5. The summed E-state index contributed by atoms with van der Waals surface area (Å²) in [5.41, 5.74) is 0. The van der Waals surface area contributed by atoms with Gasteiger partial charge >= 0.3 is 0 Å². The quantitative estimate of drug-likeness (QED) is 0.531. The summed E-state index contributed by atoms with van der Waals surface area (Å²) in [5.74, 6) is 0. The van der Waals surface area contributed by atoms with Crippen LogP contribution in [0.4, 0.5) is 0 Å². The van der Waals surface area contributed by atoms with E-state index < -0.39 is 16.5 Å². The predicted molar refractivity (Wildman–Crippen MR) is 73.1 cm³/mol. The van der Waals surface area contributed by atoms with Gasteiger partial charge in [-0.25, -0.2) is 0 Å². The van der Waals surface area contributed by atoms with E-state index in [0.29, 0.717) is 0 Å². The first-order chi connectivity index (χ1) is 5.55. The molecule has 0 rings (SSSR count). The molecule has 0 aliphatic carbocycles. The molecule has 0 aromatic heterocycles. The van der Waals surface area contributed by atoms with E-state index >= 15 is 0 Å². The number of hydrogen-bond acceptors (Lipinski definition) is 1. The molecule has 0 saturated heterocycles. The summed E-state index contributed by atoms with van der Waals surface area (Å²) in [6, 6.07) is 0. The van der Waals surface area contributed by atoms with Crippen LogP contribution in [0.2, 0.25) is 39.3 Å². The lowest BCUT2D eigenvalue weighted by Gasteiger charge is -2.44. The third-order valence-corrected chi connectivity index (χ3v) is 10.1. The van der Waals surface area contributed by atoms with Gasteiger partial charge in [-0.1, -0.05) is 52.6 Å². The molecule has 0 aliphatic rings. The second-order valence-electron chi connectivity index (χ2n) is 5.79. The molecular weight excluding hydrogens is 208 g/mol. The number of rotatable bonds is 4. The van der Waals surface area contributed by atoms with Crippen molar-refractivity contribution in [3.05, 3.63) is 0 Å². The van der Waals surface area contributed by atoms with Gasteiger partial charge in [0, 0.05) is 0 Å². The first-order valence-corrected chi connectivity index (χ1v) is 14.1. The van der Waals surface area contributed by atoms with Crippen LogP contribution in [0.1, 0.15) is 0 Å². The molecule has 0 amide bonds. The van der Waals surface area contributed by atoms with Crippen molar-refractivity contribution in [2.75, 3.05) is 13.3 Å². The van der Waals surface area contributed by atoms with Gasteiger partial charge in [-0.2, -0.15) is 0 Å². The van der Waals surface area contributed by atoms with E-state index in [-0.39, 0.29) is 7.80 Å². The highest BCUT2D eigenvalue weighted by Gasteiger charge is 2.34. The van der Waals surface area contributed by atoms with Crippen molar-refractivity contribution in [1.29, 1.82) is 0 Å². The summed E-state index contributed by atoms with van der Waals surface area (Å²) in [6.45, 7) is 19.3. The third kappa shape index (κ3) is 5.36. The predicted octanol–water partition coefficient (Wildman–Crippen LogP) is 3.23. The fourth-order valence-electron chi connectivity index (χ4n) is 1.58. The first kappa shape index (κ1) is 13.9. The van der Waals surface area contributed by atoms with Crippen LogP contribution in [0, 0.1) is 0 Å². The van der Waals surface area contributed by atoms with Crippen molar-refractivity contribution < 1.29 is 0 Å². The SMILES string of the molecule is CP(C)[B]N([Si](C)(C)C)[Si](C)(C)C. The molecular formula is C8H24BNPSi2. The van der Waals surface area contributed by atoms with Crippen molar-refractivity contribution in [2.45, 2.75) is 39.3 Å². The minimum Gasteiger partial charge on any atom is -0.388 e. The molecule has 1 radical (unpaired) electrons. The van der Waals surface area contributed by atoms with Gasteiger partial charge in [0.15, 0.2) is 0 Å². The topological polar surface area (TPSA) is 3.24 Å². The molecule has 0 atom stereocenters. The Balaban J connectivity index is 4.58. The van der Waals surface area contributed by atoms with E-state index in [1.165, 1.54) is 0 Å². The van der Waals surface area contributed by atoms with E-state index in [1.807, 2.05) is 0 Å². The first-order valence-electron chi connectivity index (χ1n) is 4.86. The minimum absolute atomic E-state index is 0.102. The molecule has 0 unspecified atom stereocenters. The highest BCUT2D eigenvalue weighted by atomic mass is 31.1. The zero-order valence-corrected chi connectivity index (χ0v) is 13.4. The van der Waals surface area contributed by atoms with Crippen molar-refractivity contribution in [3.8, 4) is 0 Å². The Morgan fingerprint density at radius 3 is 1.23 bits per heavy atom. The fourth-order valence-corrected chi connectivity index (χ4v) is 14.3. The second-order valence-corrected chi connectivity index (χ2v) is 18.0. The van der Waals surface area contributed by atoms with Gasteiger partial charge in [-0.3, -0.25) is 0 Å². The third-order valence-electron chi connectivity index (χ3n) is 1.79. The maximum Gasteiger partial charge on any atom is 0.228 e. The molecule has 0 heterocycles. The van der Waals surface area contributed by atoms with Gasteiger partial charge in [-0.05, 0) is 0 Å². The normalized spacial score (nSPS) is 14.0. The Kier molecular flexibility index (Phi) is 4.92.